The zero-order valence-electron chi connectivity index (χ0n) is 13.4. The number of aromatic nitrogens is 1. The average molecular weight is 429 g/mol. The van der Waals surface area contributed by atoms with Crippen LogP contribution in [0, 0.1) is 12.7 Å². The van der Waals surface area contributed by atoms with Gasteiger partial charge in [0.1, 0.15) is 12.4 Å². The van der Waals surface area contributed by atoms with E-state index in [1.165, 1.54) is 31.6 Å². The normalized spacial score (nSPS) is 21.6. The molecule has 1 heterocycles. The highest BCUT2D eigenvalue weighted by molar-refractivity contribution is 14.1. The number of alkyl halides is 1. The summed E-state index contributed by atoms with van der Waals surface area (Å²) in [4.78, 5) is 11.8. The summed E-state index contributed by atoms with van der Waals surface area (Å²) < 4.78 is 21.3. The van der Waals surface area contributed by atoms with E-state index >= 15 is 0 Å². The summed E-state index contributed by atoms with van der Waals surface area (Å²) in [5.41, 5.74) is 3.19. The van der Waals surface area contributed by atoms with Gasteiger partial charge in [-0.05, 0) is 62.3 Å². The van der Waals surface area contributed by atoms with Crippen molar-refractivity contribution < 1.29 is 13.9 Å². The van der Waals surface area contributed by atoms with E-state index in [4.69, 9.17) is 4.74 Å². The molecule has 1 aromatic carbocycles. The number of methoxy groups -OCH3 is 1. The van der Waals surface area contributed by atoms with Crippen molar-refractivity contribution in [2.24, 2.45) is 0 Å². The Kier molecular flexibility index (Phi) is 4.94. The van der Waals surface area contributed by atoms with Gasteiger partial charge in [-0.1, -0.05) is 22.6 Å². The van der Waals surface area contributed by atoms with E-state index in [0.29, 0.717) is 5.92 Å². The highest BCUT2D eigenvalue weighted by Crippen LogP contribution is 2.41. The molecular weight excluding hydrogens is 408 g/mol. The van der Waals surface area contributed by atoms with Crippen LogP contribution in [0.1, 0.15) is 42.9 Å². The van der Waals surface area contributed by atoms with Crippen LogP contribution in [0.25, 0.3) is 10.9 Å². The number of fused-ring (bicyclic) bond motifs is 1. The Morgan fingerprint density at radius 3 is 2.70 bits per heavy atom. The van der Waals surface area contributed by atoms with E-state index in [0.717, 1.165) is 33.4 Å². The van der Waals surface area contributed by atoms with Crippen molar-refractivity contribution in [2.45, 2.75) is 49.0 Å². The second kappa shape index (κ2) is 6.79. The van der Waals surface area contributed by atoms with Gasteiger partial charge in [-0.3, -0.25) is 4.79 Å². The Labute approximate surface area is 149 Å². The Morgan fingerprint density at radius 2 is 2.04 bits per heavy atom. The van der Waals surface area contributed by atoms with Crippen molar-refractivity contribution in [2.75, 3.05) is 7.11 Å². The summed E-state index contributed by atoms with van der Waals surface area (Å²) in [6.45, 7) is 2.21. The predicted octanol–water partition coefficient (Wildman–Crippen LogP) is 4.72. The fourth-order valence-corrected chi connectivity index (χ4v) is 4.45. The van der Waals surface area contributed by atoms with Crippen LogP contribution in [0.15, 0.2) is 18.2 Å². The lowest BCUT2D eigenvalue weighted by Gasteiger charge is -2.26. The van der Waals surface area contributed by atoms with Crippen LogP contribution in [0.5, 0.6) is 0 Å². The quantitative estimate of drug-likeness (QED) is 0.402. The van der Waals surface area contributed by atoms with Crippen LogP contribution in [0.3, 0.4) is 0 Å². The maximum atomic E-state index is 13.8. The van der Waals surface area contributed by atoms with Crippen molar-refractivity contribution in [3.05, 3.63) is 35.3 Å². The van der Waals surface area contributed by atoms with Gasteiger partial charge in [-0.25, -0.2) is 4.39 Å². The van der Waals surface area contributed by atoms with Gasteiger partial charge in [-0.2, -0.15) is 0 Å². The lowest BCUT2D eigenvalue weighted by atomic mass is 9.83. The molecule has 1 fully saturated rings. The van der Waals surface area contributed by atoms with Gasteiger partial charge in [0.05, 0.1) is 7.11 Å². The van der Waals surface area contributed by atoms with Gasteiger partial charge in [-0.15, -0.1) is 0 Å². The highest BCUT2D eigenvalue weighted by Gasteiger charge is 2.27. The van der Waals surface area contributed by atoms with E-state index in [9.17, 15) is 9.18 Å². The molecule has 124 valence electrons. The monoisotopic (exact) mass is 429 g/mol. The van der Waals surface area contributed by atoms with Gasteiger partial charge in [0.15, 0.2) is 0 Å². The Hall–Kier alpha value is -1.11. The van der Waals surface area contributed by atoms with E-state index in [1.807, 2.05) is 11.5 Å². The van der Waals surface area contributed by atoms with E-state index in [2.05, 4.69) is 22.6 Å². The molecule has 1 aliphatic carbocycles. The number of carbonyl (C=O) groups is 1. The van der Waals surface area contributed by atoms with E-state index in [1.54, 1.807) is 12.1 Å². The van der Waals surface area contributed by atoms with Crippen LogP contribution in [0.4, 0.5) is 4.39 Å². The summed E-state index contributed by atoms with van der Waals surface area (Å²) in [6, 6.07) is 4.84. The maximum Gasteiger partial charge on any atom is 0.325 e. The van der Waals surface area contributed by atoms with E-state index < -0.39 is 0 Å². The van der Waals surface area contributed by atoms with Crippen molar-refractivity contribution in [1.82, 2.24) is 4.57 Å². The van der Waals surface area contributed by atoms with Gasteiger partial charge in [0.25, 0.3) is 0 Å². The fraction of sp³-hybridized carbons (Fsp3) is 0.500. The third-order valence-electron chi connectivity index (χ3n) is 4.91. The highest BCUT2D eigenvalue weighted by atomic mass is 127. The molecule has 3 nitrogen and oxygen atoms in total. The molecule has 3 rings (SSSR count). The number of rotatable bonds is 3. The molecule has 0 radical (unpaired) electrons. The molecule has 0 N–H and O–H groups in total. The molecule has 0 bridgehead atoms. The fourth-order valence-electron chi connectivity index (χ4n) is 3.73. The second-order valence-electron chi connectivity index (χ2n) is 6.27. The molecule has 0 amide bonds. The number of hydrogen-bond donors (Lipinski definition) is 0. The first-order valence-corrected chi connectivity index (χ1v) is 9.25. The molecule has 1 saturated carbocycles. The SMILES string of the molecule is COC(=O)Cn1c(C)c(C2CCC(I)CC2)c2cc(F)ccc21. The number of hydrogen-bond acceptors (Lipinski definition) is 2. The summed E-state index contributed by atoms with van der Waals surface area (Å²) >= 11 is 2.52. The molecule has 1 aromatic heterocycles. The predicted molar refractivity (Wildman–Crippen MR) is 97.7 cm³/mol. The third-order valence-corrected chi connectivity index (χ3v) is 6.16. The number of halogens is 2. The summed E-state index contributed by atoms with van der Waals surface area (Å²) in [6.07, 6.45) is 4.65. The van der Waals surface area contributed by atoms with Crippen LogP contribution >= 0.6 is 22.6 Å². The Morgan fingerprint density at radius 1 is 1.35 bits per heavy atom. The molecule has 23 heavy (non-hydrogen) atoms. The topological polar surface area (TPSA) is 31.2 Å². The summed E-state index contributed by atoms with van der Waals surface area (Å²) in [7, 11) is 1.39. The molecule has 0 saturated heterocycles. The molecule has 0 aliphatic heterocycles. The minimum atomic E-state index is -0.281. The molecule has 0 spiro atoms. The zero-order valence-corrected chi connectivity index (χ0v) is 15.6. The van der Waals surface area contributed by atoms with Crippen LogP contribution in [-0.2, 0) is 16.1 Å². The first-order chi connectivity index (χ1) is 11.0. The summed E-state index contributed by atoms with van der Waals surface area (Å²) in [5.74, 6) is -0.0578. The molecule has 0 unspecified atom stereocenters. The molecular formula is C18H21FINO2. The van der Waals surface area contributed by atoms with E-state index in [-0.39, 0.29) is 18.3 Å². The van der Waals surface area contributed by atoms with Crippen LogP contribution in [-0.4, -0.2) is 21.6 Å². The Bertz CT molecular complexity index is 732. The van der Waals surface area contributed by atoms with Crippen molar-refractivity contribution in [1.29, 1.82) is 0 Å². The number of benzene rings is 1. The van der Waals surface area contributed by atoms with Crippen molar-refractivity contribution in [3.63, 3.8) is 0 Å². The molecule has 5 heteroatoms. The van der Waals surface area contributed by atoms with Crippen molar-refractivity contribution >= 4 is 39.5 Å². The first kappa shape index (κ1) is 16.7. The third kappa shape index (κ3) is 3.25. The number of nitrogens with zero attached hydrogens (tertiary/aromatic N) is 1. The maximum absolute atomic E-state index is 13.8. The lowest BCUT2D eigenvalue weighted by Crippen LogP contribution is -2.15. The van der Waals surface area contributed by atoms with Gasteiger partial charge < -0.3 is 9.30 Å². The van der Waals surface area contributed by atoms with Crippen LogP contribution < -0.4 is 0 Å². The molecule has 2 aromatic rings. The minimum absolute atomic E-state index is 0.173. The van der Waals surface area contributed by atoms with Crippen molar-refractivity contribution in [3.8, 4) is 0 Å². The Balaban J connectivity index is 2.10. The van der Waals surface area contributed by atoms with Gasteiger partial charge in [0.2, 0.25) is 0 Å². The average Bonchev–Trinajstić information content (AvgIpc) is 2.80. The standard InChI is InChI=1S/C18H21FINO2/c1-11-18(12-3-6-14(20)7-4-12)15-9-13(19)5-8-16(15)21(11)10-17(22)23-2/h5,8-9,12,14H,3-4,6-7,10H2,1-2H3. The number of ether oxygens (including phenoxy) is 1. The second-order valence-corrected chi connectivity index (χ2v) is 8.03. The minimum Gasteiger partial charge on any atom is -0.468 e. The number of esters is 1. The summed E-state index contributed by atoms with van der Waals surface area (Å²) in [5, 5.41) is 0.948. The first-order valence-electron chi connectivity index (χ1n) is 8.00. The molecule has 0 atom stereocenters. The smallest absolute Gasteiger partial charge is 0.325 e. The molecule has 1 aliphatic rings. The number of carbonyl (C=O) groups excluding carboxylic acids is 1. The largest absolute Gasteiger partial charge is 0.468 e. The van der Waals surface area contributed by atoms with Gasteiger partial charge in [0, 0.05) is 20.5 Å². The zero-order chi connectivity index (χ0) is 16.6. The van der Waals surface area contributed by atoms with Gasteiger partial charge >= 0.3 is 5.97 Å². The van der Waals surface area contributed by atoms with Crippen LogP contribution in [0.2, 0.25) is 0 Å². The lowest BCUT2D eigenvalue weighted by molar-refractivity contribution is -0.141.